The van der Waals surface area contributed by atoms with Gasteiger partial charge in [-0.2, -0.15) is 18.3 Å². The van der Waals surface area contributed by atoms with Gasteiger partial charge in [-0.1, -0.05) is 0 Å². The van der Waals surface area contributed by atoms with Gasteiger partial charge in [-0.05, 0) is 37.1 Å². The molecule has 0 atom stereocenters. The minimum atomic E-state index is -4.69. The molecule has 1 aromatic carbocycles. The summed E-state index contributed by atoms with van der Waals surface area (Å²) in [6.07, 6.45) is -2.09. The third kappa shape index (κ3) is 2.95. The average Bonchev–Trinajstić information content (AvgIpc) is 3.23. The normalized spacial score (nSPS) is 14.9. The summed E-state index contributed by atoms with van der Waals surface area (Å²) in [5, 5.41) is 3.81. The molecule has 0 bridgehead atoms. The Bertz CT molecular complexity index is 732. The molecule has 1 aliphatic heterocycles. The highest BCUT2D eigenvalue weighted by molar-refractivity contribution is 5.95. The van der Waals surface area contributed by atoms with E-state index in [1.165, 1.54) is 24.1 Å². The Kier molecular flexibility index (Phi) is 4.21. The number of hydrogen-bond acceptors (Lipinski definition) is 3. The van der Waals surface area contributed by atoms with E-state index in [0.717, 1.165) is 23.7 Å². The molecular formula is C16H16F3N3O2. The molecule has 24 heavy (non-hydrogen) atoms. The fourth-order valence-corrected chi connectivity index (χ4v) is 2.79. The summed E-state index contributed by atoms with van der Waals surface area (Å²) in [5.41, 5.74) is -1.26. The molecule has 0 radical (unpaired) electrons. The molecule has 0 aliphatic carbocycles. The van der Waals surface area contributed by atoms with E-state index in [1.807, 2.05) is 0 Å². The van der Waals surface area contributed by atoms with Gasteiger partial charge in [0.25, 0.3) is 5.91 Å². The van der Waals surface area contributed by atoms with E-state index < -0.39 is 23.3 Å². The van der Waals surface area contributed by atoms with Crippen molar-refractivity contribution >= 4 is 5.91 Å². The Balaban J connectivity index is 2.05. The average molecular weight is 339 g/mol. The first kappa shape index (κ1) is 16.4. The Morgan fingerprint density at radius 1 is 1.17 bits per heavy atom. The van der Waals surface area contributed by atoms with Crippen molar-refractivity contribution in [2.45, 2.75) is 19.0 Å². The van der Waals surface area contributed by atoms with Crippen LogP contribution in [0.1, 0.15) is 28.9 Å². The Morgan fingerprint density at radius 3 is 2.33 bits per heavy atom. The third-order valence-corrected chi connectivity index (χ3v) is 3.98. The summed E-state index contributed by atoms with van der Waals surface area (Å²) in [6, 6.07) is 6.01. The standard InChI is InChI=1S/C16H16F3N3O2/c1-24-12-6-4-11(5-7-12)22-14(16(17,18)19)13(10-20-22)15(23)21-8-2-3-9-21/h4-7,10H,2-3,8-9H2,1H3. The van der Waals surface area contributed by atoms with E-state index in [0.29, 0.717) is 18.8 Å². The van der Waals surface area contributed by atoms with Crippen LogP contribution in [-0.4, -0.2) is 40.8 Å². The van der Waals surface area contributed by atoms with Gasteiger partial charge < -0.3 is 9.64 Å². The molecule has 1 fully saturated rings. The van der Waals surface area contributed by atoms with Crippen LogP contribution in [0.25, 0.3) is 5.69 Å². The van der Waals surface area contributed by atoms with Gasteiger partial charge in [0.2, 0.25) is 0 Å². The zero-order valence-corrected chi connectivity index (χ0v) is 13.0. The summed E-state index contributed by atoms with van der Waals surface area (Å²) in [6.45, 7) is 0.952. The minimum Gasteiger partial charge on any atom is -0.497 e. The lowest BCUT2D eigenvalue weighted by atomic mass is 10.2. The molecule has 0 N–H and O–H groups in total. The topological polar surface area (TPSA) is 47.4 Å². The van der Waals surface area contributed by atoms with Crippen LogP contribution in [0.2, 0.25) is 0 Å². The summed E-state index contributed by atoms with van der Waals surface area (Å²) in [4.78, 5) is 13.8. The molecule has 0 spiro atoms. The molecule has 2 aromatic rings. The van der Waals surface area contributed by atoms with Gasteiger partial charge in [0, 0.05) is 13.1 Å². The van der Waals surface area contributed by atoms with E-state index in [2.05, 4.69) is 5.10 Å². The Morgan fingerprint density at radius 2 is 1.79 bits per heavy atom. The van der Waals surface area contributed by atoms with Crippen molar-refractivity contribution in [2.24, 2.45) is 0 Å². The van der Waals surface area contributed by atoms with Crippen LogP contribution in [0.15, 0.2) is 30.5 Å². The maximum Gasteiger partial charge on any atom is 0.434 e. The van der Waals surface area contributed by atoms with Crippen molar-refractivity contribution in [1.29, 1.82) is 0 Å². The molecule has 1 aromatic heterocycles. The van der Waals surface area contributed by atoms with E-state index in [9.17, 15) is 18.0 Å². The highest BCUT2D eigenvalue weighted by atomic mass is 19.4. The number of hydrogen-bond donors (Lipinski definition) is 0. The lowest BCUT2D eigenvalue weighted by Gasteiger charge is -2.17. The smallest absolute Gasteiger partial charge is 0.434 e. The largest absolute Gasteiger partial charge is 0.497 e. The highest BCUT2D eigenvalue weighted by Gasteiger charge is 2.41. The Hall–Kier alpha value is -2.51. The summed E-state index contributed by atoms with van der Waals surface area (Å²) in [7, 11) is 1.47. The van der Waals surface area contributed by atoms with Crippen LogP contribution in [0.5, 0.6) is 5.75 Å². The number of nitrogens with zero attached hydrogens (tertiary/aromatic N) is 3. The minimum absolute atomic E-state index is 0.212. The van der Waals surface area contributed by atoms with E-state index in [4.69, 9.17) is 4.74 Å². The molecule has 3 rings (SSSR count). The van der Waals surface area contributed by atoms with Gasteiger partial charge in [-0.25, -0.2) is 4.68 Å². The predicted molar refractivity (Wildman–Crippen MR) is 80.3 cm³/mol. The van der Waals surface area contributed by atoms with Crippen molar-refractivity contribution in [3.05, 3.63) is 41.7 Å². The van der Waals surface area contributed by atoms with Gasteiger partial charge in [-0.15, -0.1) is 0 Å². The first-order valence-electron chi connectivity index (χ1n) is 7.50. The summed E-state index contributed by atoms with van der Waals surface area (Å²) < 4.78 is 46.4. The number of benzene rings is 1. The number of carbonyl (C=O) groups excluding carboxylic acids is 1. The number of methoxy groups -OCH3 is 1. The van der Waals surface area contributed by atoms with E-state index in [-0.39, 0.29) is 5.69 Å². The van der Waals surface area contributed by atoms with Crippen LogP contribution >= 0.6 is 0 Å². The summed E-state index contributed by atoms with van der Waals surface area (Å²) >= 11 is 0. The molecule has 2 heterocycles. The highest BCUT2D eigenvalue weighted by Crippen LogP contribution is 2.34. The SMILES string of the molecule is COc1ccc(-n2ncc(C(=O)N3CCCC3)c2C(F)(F)F)cc1. The molecule has 1 saturated heterocycles. The first-order chi connectivity index (χ1) is 11.4. The number of amides is 1. The van der Waals surface area contributed by atoms with Gasteiger partial charge in [0.15, 0.2) is 5.69 Å². The molecular weight excluding hydrogens is 323 g/mol. The molecule has 0 unspecified atom stereocenters. The molecule has 1 amide bonds. The van der Waals surface area contributed by atoms with E-state index >= 15 is 0 Å². The number of ether oxygens (including phenoxy) is 1. The first-order valence-corrected chi connectivity index (χ1v) is 7.50. The third-order valence-electron chi connectivity index (χ3n) is 3.98. The lowest BCUT2D eigenvalue weighted by molar-refractivity contribution is -0.143. The summed E-state index contributed by atoms with van der Waals surface area (Å²) in [5.74, 6) is -0.104. The zero-order valence-electron chi connectivity index (χ0n) is 13.0. The molecule has 1 aliphatic rings. The van der Waals surface area contributed by atoms with Crippen molar-refractivity contribution in [1.82, 2.24) is 14.7 Å². The van der Waals surface area contributed by atoms with Crippen LogP contribution in [0.3, 0.4) is 0 Å². The second kappa shape index (κ2) is 6.18. The monoisotopic (exact) mass is 339 g/mol. The van der Waals surface area contributed by atoms with Crippen molar-refractivity contribution in [2.75, 3.05) is 20.2 Å². The second-order valence-electron chi connectivity index (χ2n) is 5.51. The van der Waals surface area contributed by atoms with Gasteiger partial charge >= 0.3 is 6.18 Å². The van der Waals surface area contributed by atoms with Gasteiger partial charge in [0.05, 0.1) is 24.6 Å². The lowest BCUT2D eigenvalue weighted by Crippen LogP contribution is -2.29. The number of halogens is 3. The van der Waals surface area contributed by atoms with Gasteiger partial charge in [-0.3, -0.25) is 4.79 Å². The van der Waals surface area contributed by atoms with Gasteiger partial charge in [0.1, 0.15) is 5.75 Å². The Labute approximate surface area is 136 Å². The van der Waals surface area contributed by atoms with Crippen molar-refractivity contribution in [3.8, 4) is 11.4 Å². The maximum absolute atomic E-state index is 13.6. The quantitative estimate of drug-likeness (QED) is 0.863. The van der Waals surface area contributed by atoms with E-state index in [1.54, 1.807) is 12.1 Å². The molecule has 8 heteroatoms. The number of alkyl halides is 3. The molecule has 128 valence electrons. The molecule has 0 saturated carbocycles. The number of rotatable bonds is 3. The van der Waals surface area contributed by atoms with Crippen molar-refractivity contribution < 1.29 is 22.7 Å². The predicted octanol–water partition coefficient (Wildman–Crippen LogP) is 3.14. The van der Waals surface area contributed by atoms with Crippen molar-refractivity contribution in [3.63, 3.8) is 0 Å². The number of aromatic nitrogens is 2. The maximum atomic E-state index is 13.6. The fraction of sp³-hybridized carbons (Fsp3) is 0.375. The van der Waals surface area contributed by atoms with Crippen LogP contribution in [-0.2, 0) is 6.18 Å². The fourth-order valence-electron chi connectivity index (χ4n) is 2.79. The van der Waals surface area contributed by atoms with Crippen LogP contribution in [0, 0.1) is 0 Å². The zero-order chi connectivity index (χ0) is 17.3. The van der Waals surface area contributed by atoms with Crippen LogP contribution in [0.4, 0.5) is 13.2 Å². The second-order valence-corrected chi connectivity index (χ2v) is 5.51. The molecule has 5 nitrogen and oxygen atoms in total. The van der Waals surface area contributed by atoms with Crippen LogP contribution < -0.4 is 4.74 Å². The number of likely N-dealkylation sites (tertiary alicyclic amines) is 1. The number of carbonyl (C=O) groups is 1.